The average Bonchev–Trinajstić information content (AvgIpc) is 3.29. The number of benzene rings is 1. The zero-order chi connectivity index (χ0) is 24.8. The molecule has 188 valence electrons. The van der Waals surface area contributed by atoms with Gasteiger partial charge in [0.25, 0.3) is 0 Å². The number of hydrogen-bond acceptors (Lipinski definition) is 7. The number of aromatic nitrogens is 1. The van der Waals surface area contributed by atoms with Crippen molar-refractivity contribution in [3.63, 3.8) is 0 Å². The van der Waals surface area contributed by atoms with Crippen LogP contribution in [-0.4, -0.2) is 81.7 Å². The highest BCUT2D eigenvalue weighted by molar-refractivity contribution is 7.89. The molecule has 2 saturated heterocycles. The van der Waals surface area contributed by atoms with E-state index in [-0.39, 0.29) is 30.5 Å². The van der Waals surface area contributed by atoms with E-state index in [1.165, 1.54) is 4.31 Å². The van der Waals surface area contributed by atoms with Crippen LogP contribution in [0.25, 0.3) is 0 Å². The van der Waals surface area contributed by atoms with E-state index in [0.717, 1.165) is 11.5 Å². The Bertz CT molecular complexity index is 1120. The molecule has 2 aromatic rings. The van der Waals surface area contributed by atoms with Crippen molar-refractivity contribution in [3.05, 3.63) is 48.7 Å². The zero-order valence-corrected chi connectivity index (χ0v) is 20.6. The predicted octanol–water partition coefficient (Wildman–Crippen LogP) is 1.10. The molecular weight excluding hydrogens is 470 g/mol. The van der Waals surface area contributed by atoms with Crippen LogP contribution in [0.15, 0.2) is 48.7 Å². The number of piperazine rings is 1. The molecule has 0 aliphatic carbocycles. The van der Waals surface area contributed by atoms with Gasteiger partial charge < -0.3 is 19.9 Å². The smallest absolute Gasteiger partial charge is 0.227 e. The molecule has 3 heterocycles. The lowest BCUT2D eigenvalue weighted by atomic mass is 10.1. The van der Waals surface area contributed by atoms with Crippen LogP contribution in [-0.2, 0) is 19.6 Å². The van der Waals surface area contributed by atoms with Crippen LogP contribution in [0.3, 0.4) is 0 Å². The summed E-state index contributed by atoms with van der Waals surface area (Å²) < 4.78 is 32.1. The van der Waals surface area contributed by atoms with E-state index in [2.05, 4.69) is 15.2 Å². The fraction of sp³-hybridized carbons (Fsp3) is 0.458. The molecule has 1 atom stereocenters. The summed E-state index contributed by atoms with van der Waals surface area (Å²) in [5.74, 6) is 0.723. The molecule has 2 fully saturated rings. The lowest BCUT2D eigenvalue weighted by Gasteiger charge is -2.34. The van der Waals surface area contributed by atoms with E-state index < -0.39 is 15.9 Å². The number of sulfonamides is 1. The van der Waals surface area contributed by atoms with E-state index in [0.29, 0.717) is 44.9 Å². The highest BCUT2D eigenvalue weighted by Crippen LogP contribution is 2.27. The van der Waals surface area contributed by atoms with Gasteiger partial charge in [0.05, 0.1) is 18.8 Å². The lowest BCUT2D eigenvalue weighted by Crippen LogP contribution is -2.49. The summed E-state index contributed by atoms with van der Waals surface area (Å²) in [5.41, 5.74) is 0.723. The molecule has 10 nitrogen and oxygen atoms in total. The molecule has 1 N–H and O–H groups in total. The SMILES string of the molecule is COc1ccc(N2CC(C(=O)NCCCS(=O)(=O)N3CCN(c4ccccn4)CC3)CC2=O)cc1. The first-order chi connectivity index (χ1) is 16.9. The zero-order valence-electron chi connectivity index (χ0n) is 19.8. The highest BCUT2D eigenvalue weighted by atomic mass is 32.2. The van der Waals surface area contributed by atoms with Crippen molar-refractivity contribution < 1.29 is 22.7 Å². The maximum Gasteiger partial charge on any atom is 0.227 e. The summed E-state index contributed by atoms with van der Waals surface area (Å²) in [7, 11) is -1.83. The van der Waals surface area contributed by atoms with Gasteiger partial charge in [-0.15, -0.1) is 0 Å². The number of nitrogens with zero attached hydrogens (tertiary/aromatic N) is 4. The minimum Gasteiger partial charge on any atom is -0.497 e. The summed E-state index contributed by atoms with van der Waals surface area (Å²) in [4.78, 5) is 33.0. The molecule has 2 amide bonds. The standard InChI is InChI=1S/C24H31N5O5S/c1-34-21-8-6-20(7-9-21)29-18-19(17-23(29)30)24(31)26-11-4-16-35(32,33)28-14-12-27(13-15-28)22-5-2-3-10-25-22/h2-3,5-10,19H,4,11-18H2,1H3,(H,26,31). The fourth-order valence-electron chi connectivity index (χ4n) is 4.37. The van der Waals surface area contributed by atoms with Crippen molar-refractivity contribution in [1.82, 2.24) is 14.6 Å². The van der Waals surface area contributed by atoms with Crippen LogP contribution in [0.2, 0.25) is 0 Å². The molecule has 0 radical (unpaired) electrons. The number of pyridine rings is 1. The van der Waals surface area contributed by atoms with Gasteiger partial charge in [0.1, 0.15) is 11.6 Å². The molecule has 4 rings (SSSR count). The van der Waals surface area contributed by atoms with Crippen molar-refractivity contribution in [1.29, 1.82) is 0 Å². The Labute approximate surface area is 205 Å². The van der Waals surface area contributed by atoms with E-state index >= 15 is 0 Å². The predicted molar refractivity (Wildman–Crippen MR) is 133 cm³/mol. The molecular formula is C24H31N5O5S. The fourth-order valence-corrected chi connectivity index (χ4v) is 5.86. The number of amides is 2. The summed E-state index contributed by atoms with van der Waals surface area (Å²) >= 11 is 0. The van der Waals surface area contributed by atoms with Crippen LogP contribution in [0, 0.1) is 5.92 Å². The van der Waals surface area contributed by atoms with Crippen molar-refractivity contribution in [3.8, 4) is 5.75 Å². The first-order valence-corrected chi connectivity index (χ1v) is 13.3. The van der Waals surface area contributed by atoms with Gasteiger partial charge in [-0.1, -0.05) is 6.07 Å². The number of carbonyl (C=O) groups excluding carboxylic acids is 2. The van der Waals surface area contributed by atoms with Gasteiger partial charge in [-0.05, 0) is 42.8 Å². The second-order valence-corrected chi connectivity index (χ2v) is 10.7. The summed E-state index contributed by atoms with van der Waals surface area (Å²) in [6.45, 7) is 2.56. The number of anilines is 2. The van der Waals surface area contributed by atoms with Crippen LogP contribution in [0.1, 0.15) is 12.8 Å². The quantitative estimate of drug-likeness (QED) is 0.512. The summed E-state index contributed by atoms with van der Waals surface area (Å²) in [6, 6.07) is 12.8. The van der Waals surface area contributed by atoms with E-state index in [9.17, 15) is 18.0 Å². The molecule has 0 bridgehead atoms. The molecule has 1 aromatic carbocycles. The van der Waals surface area contributed by atoms with Crippen molar-refractivity contribution in [2.75, 3.05) is 61.9 Å². The second kappa shape index (κ2) is 11.0. The number of nitrogens with one attached hydrogen (secondary N) is 1. The minimum absolute atomic E-state index is 0.0293. The average molecular weight is 502 g/mol. The van der Waals surface area contributed by atoms with Crippen molar-refractivity contribution in [2.24, 2.45) is 5.92 Å². The topological polar surface area (TPSA) is 112 Å². The normalized spacial score (nSPS) is 19.1. The van der Waals surface area contributed by atoms with Crippen molar-refractivity contribution in [2.45, 2.75) is 12.8 Å². The van der Waals surface area contributed by atoms with E-state index in [1.54, 1.807) is 42.5 Å². The first-order valence-electron chi connectivity index (χ1n) is 11.7. The van der Waals surface area contributed by atoms with Gasteiger partial charge in [-0.25, -0.2) is 13.4 Å². The van der Waals surface area contributed by atoms with Gasteiger partial charge >= 0.3 is 0 Å². The van der Waals surface area contributed by atoms with Gasteiger partial charge in [-0.3, -0.25) is 9.59 Å². The molecule has 11 heteroatoms. The largest absolute Gasteiger partial charge is 0.497 e. The first kappa shape index (κ1) is 24.9. The van der Waals surface area contributed by atoms with Crippen LogP contribution in [0.5, 0.6) is 5.75 Å². The number of ether oxygens (including phenoxy) is 1. The maximum absolute atomic E-state index is 12.7. The molecule has 35 heavy (non-hydrogen) atoms. The Morgan fingerprint density at radius 3 is 2.51 bits per heavy atom. The van der Waals surface area contributed by atoms with E-state index in [1.807, 2.05) is 18.2 Å². The summed E-state index contributed by atoms with van der Waals surface area (Å²) in [5, 5.41) is 2.80. The van der Waals surface area contributed by atoms with Crippen LogP contribution in [0.4, 0.5) is 11.5 Å². The van der Waals surface area contributed by atoms with Crippen LogP contribution >= 0.6 is 0 Å². The molecule has 0 saturated carbocycles. The molecule has 1 unspecified atom stereocenters. The third-order valence-corrected chi connectivity index (χ3v) is 8.32. The van der Waals surface area contributed by atoms with Gasteiger partial charge in [0.2, 0.25) is 21.8 Å². The molecule has 2 aliphatic heterocycles. The van der Waals surface area contributed by atoms with Gasteiger partial charge in [0, 0.05) is 57.6 Å². The number of carbonyl (C=O) groups is 2. The molecule has 1 aromatic heterocycles. The van der Waals surface area contributed by atoms with Gasteiger partial charge in [0.15, 0.2) is 0 Å². The summed E-state index contributed by atoms with van der Waals surface area (Å²) in [6.07, 6.45) is 2.18. The Kier molecular flexibility index (Phi) is 7.86. The molecule has 2 aliphatic rings. The Hall–Kier alpha value is -3.18. The third-order valence-electron chi connectivity index (χ3n) is 6.36. The molecule has 0 spiro atoms. The third kappa shape index (κ3) is 6.09. The number of rotatable bonds is 9. The van der Waals surface area contributed by atoms with Gasteiger partial charge in [-0.2, -0.15) is 4.31 Å². The monoisotopic (exact) mass is 501 g/mol. The van der Waals surface area contributed by atoms with Crippen molar-refractivity contribution >= 4 is 33.3 Å². The van der Waals surface area contributed by atoms with Crippen LogP contribution < -0.4 is 19.9 Å². The minimum atomic E-state index is -3.40. The Morgan fingerprint density at radius 2 is 1.86 bits per heavy atom. The maximum atomic E-state index is 12.7. The van der Waals surface area contributed by atoms with E-state index in [4.69, 9.17) is 4.74 Å². The highest BCUT2D eigenvalue weighted by Gasteiger charge is 2.35. The second-order valence-electron chi connectivity index (χ2n) is 8.64. The number of methoxy groups -OCH3 is 1. The Balaban J connectivity index is 1.19. The Morgan fingerprint density at radius 1 is 1.11 bits per heavy atom. The number of hydrogen-bond donors (Lipinski definition) is 1. The lowest BCUT2D eigenvalue weighted by molar-refractivity contribution is -0.126.